The van der Waals surface area contributed by atoms with Crippen molar-refractivity contribution in [1.82, 2.24) is 14.8 Å². The van der Waals surface area contributed by atoms with Crippen LogP contribution in [0.4, 0.5) is 5.82 Å². The summed E-state index contributed by atoms with van der Waals surface area (Å²) >= 11 is 0. The summed E-state index contributed by atoms with van der Waals surface area (Å²) in [5.74, 6) is 2.19. The van der Waals surface area contributed by atoms with E-state index in [1.807, 2.05) is 43.9 Å². The maximum Gasteiger partial charge on any atom is 0.306 e. The van der Waals surface area contributed by atoms with Crippen molar-refractivity contribution in [2.24, 2.45) is 17.3 Å². The van der Waals surface area contributed by atoms with Crippen molar-refractivity contribution < 1.29 is 19.1 Å². The van der Waals surface area contributed by atoms with Crippen LogP contribution in [0.5, 0.6) is 5.75 Å². The number of hydrogen-bond acceptors (Lipinski definition) is 6. The predicted molar refractivity (Wildman–Crippen MR) is 198 cm³/mol. The summed E-state index contributed by atoms with van der Waals surface area (Å²) in [7, 11) is 1.74. The van der Waals surface area contributed by atoms with Crippen LogP contribution in [-0.4, -0.2) is 45.9 Å². The van der Waals surface area contributed by atoms with Crippen LogP contribution in [0, 0.1) is 24.2 Å². The van der Waals surface area contributed by atoms with E-state index < -0.39 is 5.60 Å². The molecular weight excluding hydrogens is 624 g/mol. The lowest BCUT2D eigenvalue weighted by Gasteiger charge is -2.55. The van der Waals surface area contributed by atoms with Crippen LogP contribution in [0.3, 0.4) is 0 Å². The van der Waals surface area contributed by atoms with E-state index in [0.717, 1.165) is 93.3 Å². The molecule has 2 aromatic heterocycles. The third-order valence-corrected chi connectivity index (χ3v) is 12.0. The molecule has 0 radical (unpaired) electrons. The van der Waals surface area contributed by atoms with Gasteiger partial charge in [-0.1, -0.05) is 12.1 Å². The first kappa shape index (κ1) is 36.1. The Morgan fingerprint density at radius 3 is 2.28 bits per heavy atom. The first-order chi connectivity index (χ1) is 23.8. The van der Waals surface area contributed by atoms with E-state index in [1.54, 1.807) is 7.11 Å². The molecule has 1 aromatic carbocycles. The second-order valence-electron chi connectivity index (χ2n) is 16.9. The van der Waals surface area contributed by atoms with E-state index in [1.165, 1.54) is 11.1 Å². The second kappa shape index (κ2) is 14.5. The highest BCUT2D eigenvalue weighted by Crippen LogP contribution is 2.58. The normalized spacial score (nSPS) is 25.0. The van der Waals surface area contributed by atoms with Gasteiger partial charge in [-0.3, -0.25) is 19.2 Å². The fraction of sp³-hybridized carbons (Fsp3) is 0.619. The van der Waals surface area contributed by atoms with Crippen molar-refractivity contribution in [3.05, 3.63) is 60.0 Å². The van der Waals surface area contributed by atoms with Crippen molar-refractivity contribution >= 4 is 17.7 Å². The van der Waals surface area contributed by atoms with Gasteiger partial charge in [-0.05, 0) is 164 Å². The van der Waals surface area contributed by atoms with E-state index >= 15 is 0 Å². The molecule has 0 aliphatic heterocycles. The van der Waals surface area contributed by atoms with Crippen LogP contribution in [0.25, 0.3) is 11.1 Å². The minimum Gasteiger partial charge on any atom is -0.496 e. The molecule has 0 spiro atoms. The van der Waals surface area contributed by atoms with Gasteiger partial charge in [0.05, 0.1) is 13.3 Å². The van der Waals surface area contributed by atoms with Crippen LogP contribution in [0.2, 0.25) is 0 Å². The lowest BCUT2D eigenvalue weighted by Crippen LogP contribution is -2.52. The Morgan fingerprint density at radius 1 is 0.980 bits per heavy atom. The molecule has 270 valence electrons. The molecule has 7 rings (SSSR count). The lowest BCUT2D eigenvalue weighted by atomic mass is 9.51. The molecule has 8 heteroatoms. The minimum absolute atomic E-state index is 0.0353. The fourth-order valence-electron chi connectivity index (χ4n) is 8.90. The number of ether oxygens (including phenoxy) is 2. The number of nitrogens with zero attached hydrogens (tertiary/aromatic N) is 4. The number of esters is 1. The van der Waals surface area contributed by atoms with Gasteiger partial charge in [-0.15, -0.1) is 0 Å². The molecule has 0 atom stereocenters. The van der Waals surface area contributed by atoms with Gasteiger partial charge in [0.25, 0.3) is 0 Å². The van der Waals surface area contributed by atoms with Gasteiger partial charge in [0.2, 0.25) is 5.91 Å². The van der Waals surface area contributed by atoms with Gasteiger partial charge in [0, 0.05) is 42.9 Å². The van der Waals surface area contributed by atoms with Gasteiger partial charge < -0.3 is 9.47 Å². The molecule has 4 saturated carbocycles. The third-order valence-electron chi connectivity index (χ3n) is 12.0. The van der Waals surface area contributed by atoms with Crippen molar-refractivity contribution in [2.45, 2.75) is 136 Å². The Balaban J connectivity index is 1.19. The first-order valence-corrected chi connectivity index (χ1v) is 19.0. The number of amides is 1. The van der Waals surface area contributed by atoms with Gasteiger partial charge >= 0.3 is 5.97 Å². The van der Waals surface area contributed by atoms with Crippen LogP contribution in [0.15, 0.2) is 48.9 Å². The van der Waals surface area contributed by atoms with Crippen molar-refractivity contribution in [3.8, 4) is 16.9 Å². The fourth-order valence-corrected chi connectivity index (χ4v) is 8.90. The largest absolute Gasteiger partial charge is 0.496 e. The standard InChI is InChI=1S/C42H58N4O4/c1-29(2)46-27-34(26-44-46)33-16-23-43-37(25-33)45(39(48)32-11-8-31(9-12-32)10-15-38(47)50-40(4,5)6)28-41-17-20-42(21-18-41,22-19-41)35-13-14-36(49-7)30(3)24-35/h13-14,16,23-27,29,31-32H,8-12,15,17-22,28H2,1-7H3/t31-,32-,41?,42?. The Morgan fingerprint density at radius 2 is 1.68 bits per heavy atom. The van der Waals surface area contributed by atoms with Crippen molar-refractivity contribution in [3.63, 3.8) is 0 Å². The molecular formula is C42H58N4O4. The zero-order valence-electron chi connectivity index (χ0n) is 31.5. The Hall–Kier alpha value is -3.68. The summed E-state index contributed by atoms with van der Waals surface area (Å²) in [5, 5.41) is 4.57. The smallest absolute Gasteiger partial charge is 0.306 e. The van der Waals surface area contributed by atoms with Gasteiger partial charge in [-0.2, -0.15) is 5.10 Å². The molecule has 0 unspecified atom stereocenters. The molecule has 8 nitrogen and oxygen atoms in total. The zero-order chi connectivity index (χ0) is 35.7. The van der Waals surface area contributed by atoms with Crippen LogP contribution < -0.4 is 9.64 Å². The highest BCUT2D eigenvalue weighted by molar-refractivity contribution is 5.95. The number of methoxy groups -OCH3 is 1. The number of pyridine rings is 1. The van der Waals surface area contributed by atoms with Crippen molar-refractivity contribution in [2.75, 3.05) is 18.6 Å². The van der Waals surface area contributed by atoms with Crippen LogP contribution in [0.1, 0.15) is 129 Å². The molecule has 3 aromatic rings. The van der Waals surface area contributed by atoms with Crippen molar-refractivity contribution in [1.29, 1.82) is 0 Å². The molecule has 0 saturated heterocycles. The molecule has 50 heavy (non-hydrogen) atoms. The van der Waals surface area contributed by atoms with Crippen LogP contribution >= 0.6 is 0 Å². The quantitative estimate of drug-likeness (QED) is 0.187. The zero-order valence-corrected chi connectivity index (χ0v) is 31.5. The van der Waals surface area contributed by atoms with Crippen LogP contribution in [-0.2, 0) is 19.7 Å². The first-order valence-electron chi connectivity index (χ1n) is 19.0. The number of benzene rings is 1. The SMILES string of the molecule is COc1ccc(C23CCC(CN(c4cc(-c5cnn(C(C)C)c5)ccn4)C(=O)[C@H]4CC[C@H](CCC(=O)OC(C)(C)C)CC4)(CC2)CC3)cc1C. The molecule has 4 fully saturated rings. The molecule has 4 aliphatic rings. The number of hydrogen-bond donors (Lipinski definition) is 0. The Labute approximate surface area is 299 Å². The third kappa shape index (κ3) is 7.94. The van der Waals surface area contributed by atoms with E-state index in [0.29, 0.717) is 18.9 Å². The van der Waals surface area contributed by atoms with Gasteiger partial charge in [0.1, 0.15) is 17.2 Å². The number of carbonyl (C=O) groups excluding carboxylic acids is 2. The molecule has 0 N–H and O–H groups in total. The monoisotopic (exact) mass is 682 g/mol. The van der Waals surface area contributed by atoms with E-state index in [2.05, 4.69) is 61.2 Å². The number of rotatable bonds is 11. The molecule has 1 amide bonds. The summed E-state index contributed by atoms with van der Waals surface area (Å²) in [6.07, 6.45) is 17.5. The van der Waals surface area contributed by atoms with E-state index in [9.17, 15) is 9.59 Å². The highest BCUT2D eigenvalue weighted by atomic mass is 16.6. The summed E-state index contributed by atoms with van der Waals surface area (Å²) in [4.78, 5) is 34.0. The molecule has 2 heterocycles. The summed E-state index contributed by atoms with van der Waals surface area (Å²) in [6.45, 7) is 12.8. The molecule has 2 bridgehead atoms. The number of fused-ring (bicyclic) bond motifs is 3. The number of aromatic nitrogens is 3. The summed E-state index contributed by atoms with van der Waals surface area (Å²) in [6, 6.07) is 11.1. The Kier molecular flexibility index (Phi) is 10.5. The topological polar surface area (TPSA) is 86.5 Å². The van der Waals surface area contributed by atoms with Gasteiger partial charge in [-0.25, -0.2) is 4.98 Å². The summed E-state index contributed by atoms with van der Waals surface area (Å²) in [5.41, 5.74) is 4.54. The maximum absolute atomic E-state index is 14.7. The van der Waals surface area contributed by atoms with E-state index in [-0.39, 0.29) is 34.7 Å². The average molecular weight is 683 g/mol. The lowest BCUT2D eigenvalue weighted by molar-refractivity contribution is -0.155. The predicted octanol–water partition coefficient (Wildman–Crippen LogP) is 9.40. The van der Waals surface area contributed by atoms with E-state index in [4.69, 9.17) is 14.5 Å². The highest BCUT2D eigenvalue weighted by Gasteiger charge is 2.51. The number of carbonyl (C=O) groups is 2. The second-order valence-corrected chi connectivity index (χ2v) is 16.9. The number of anilines is 1. The average Bonchev–Trinajstić information content (AvgIpc) is 3.61. The Bertz CT molecular complexity index is 1640. The number of aryl methyl sites for hydroxylation is 1. The van der Waals surface area contributed by atoms with Gasteiger partial charge in [0.15, 0.2) is 0 Å². The maximum atomic E-state index is 14.7. The minimum atomic E-state index is -0.461. The summed E-state index contributed by atoms with van der Waals surface area (Å²) < 4.78 is 13.1. The molecule has 4 aliphatic carbocycles.